The summed E-state index contributed by atoms with van der Waals surface area (Å²) in [5.74, 6) is 0.732. The van der Waals surface area contributed by atoms with Gasteiger partial charge in [-0.3, -0.25) is 14.4 Å². The molecule has 0 unspecified atom stereocenters. The number of nitrogens with one attached hydrogen (secondary N) is 1. The van der Waals surface area contributed by atoms with Gasteiger partial charge in [-0.05, 0) is 43.3 Å². The SMILES string of the molecule is CCS(=O)(=O)Nc1ccc2c(c1)-c1cn(C)c(=O)cc1OCCN(CCC(F)(F)F)Cc1cc(Cl)ccc1O2. The van der Waals surface area contributed by atoms with E-state index in [4.69, 9.17) is 21.1 Å². The van der Waals surface area contributed by atoms with Crippen molar-refractivity contribution in [2.24, 2.45) is 7.05 Å². The smallest absolute Gasteiger partial charge is 0.390 e. The summed E-state index contributed by atoms with van der Waals surface area (Å²) in [6.07, 6.45) is -3.82. The van der Waals surface area contributed by atoms with Gasteiger partial charge in [0.1, 0.15) is 23.9 Å². The molecule has 0 saturated heterocycles. The second-order valence-corrected chi connectivity index (χ2v) is 11.5. The van der Waals surface area contributed by atoms with Gasteiger partial charge in [-0.25, -0.2) is 8.42 Å². The number of rotatable bonds is 5. The maximum Gasteiger partial charge on any atom is 0.390 e. The minimum Gasteiger partial charge on any atom is -0.491 e. The van der Waals surface area contributed by atoms with Crippen molar-refractivity contribution in [3.05, 3.63) is 69.6 Å². The van der Waals surface area contributed by atoms with E-state index >= 15 is 0 Å². The third kappa shape index (κ3) is 7.46. The highest BCUT2D eigenvalue weighted by atomic mass is 35.5. The van der Waals surface area contributed by atoms with Gasteiger partial charge in [0, 0.05) is 66.3 Å². The number of nitrogens with zero attached hydrogens (tertiary/aromatic N) is 2. The van der Waals surface area contributed by atoms with Crippen LogP contribution < -0.4 is 19.8 Å². The number of halogens is 4. The van der Waals surface area contributed by atoms with Crippen molar-refractivity contribution in [2.75, 3.05) is 30.2 Å². The van der Waals surface area contributed by atoms with E-state index in [-0.39, 0.29) is 49.0 Å². The predicted molar refractivity (Wildman–Crippen MR) is 143 cm³/mol. The van der Waals surface area contributed by atoms with Crippen LogP contribution in [0.3, 0.4) is 0 Å². The van der Waals surface area contributed by atoms with Gasteiger partial charge in [0.25, 0.3) is 5.56 Å². The first kappa shape index (κ1) is 28.8. The quantitative estimate of drug-likeness (QED) is 0.431. The first-order valence-electron chi connectivity index (χ1n) is 12.1. The lowest BCUT2D eigenvalue weighted by atomic mass is 10.0. The van der Waals surface area contributed by atoms with Crippen molar-refractivity contribution in [1.82, 2.24) is 9.47 Å². The van der Waals surface area contributed by atoms with E-state index in [2.05, 4.69) is 4.72 Å². The molecule has 0 bridgehead atoms. The normalized spacial score (nSPS) is 14.5. The van der Waals surface area contributed by atoms with Crippen molar-refractivity contribution in [1.29, 1.82) is 0 Å². The van der Waals surface area contributed by atoms with Gasteiger partial charge >= 0.3 is 6.18 Å². The van der Waals surface area contributed by atoms with E-state index in [0.29, 0.717) is 33.2 Å². The Hall–Kier alpha value is -3.22. The lowest BCUT2D eigenvalue weighted by Gasteiger charge is -2.26. The molecule has 4 rings (SSSR count). The maximum absolute atomic E-state index is 13.0. The Morgan fingerprint density at radius 3 is 2.51 bits per heavy atom. The lowest BCUT2D eigenvalue weighted by molar-refractivity contribution is -0.138. The summed E-state index contributed by atoms with van der Waals surface area (Å²) in [4.78, 5) is 14.0. The number of alkyl halides is 3. The van der Waals surface area contributed by atoms with Gasteiger partial charge < -0.3 is 14.0 Å². The van der Waals surface area contributed by atoms with Crippen LogP contribution in [0, 0.1) is 0 Å². The molecule has 0 fully saturated rings. The molecule has 0 radical (unpaired) electrons. The molecule has 0 amide bonds. The average Bonchev–Trinajstić information content (AvgIpc) is 2.85. The molecular formula is C26H27ClF3N3O5S. The summed E-state index contributed by atoms with van der Waals surface area (Å²) in [5, 5.41) is 0.390. The minimum absolute atomic E-state index is 0.00767. The topological polar surface area (TPSA) is 89.9 Å². The molecule has 13 heteroatoms. The monoisotopic (exact) mass is 585 g/mol. The summed E-state index contributed by atoms with van der Waals surface area (Å²) < 4.78 is 79.6. The molecule has 0 aliphatic carbocycles. The second-order valence-electron chi connectivity index (χ2n) is 9.06. The van der Waals surface area contributed by atoms with Gasteiger partial charge in [0.15, 0.2) is 0 Å². The number of hydrogen-bond acceptors (Lipinski definition) is 6. The van der Waals surface area contributed by atoms with Crippen LogP contribution in [0.15, 0.2) is 53.5 Å². The van der Waals surface area contributed by atoms with Crippen molar-refractivity contribution < 1.29 is 31.1 Å². The zero-order valence-electron chi connectivity index (χ0n) is 21.2. The molecule has 2 heterocycles. The fourth-order valence-corrected chi connectivity index (χ4v) is 4.87. The van der Waals surface area contributed by atoms with E-state index in [1.165, 1.54) is 29.8 Å². The van der Waals surface area contributed by atoms with Crippen LogP contribution in [-0.2, 0) is 23.6 Å². The molecule has 2 aromatic carbocycles. The minimum atomic E-state index is -4.34. The second kappa shape index (κ2) is 11.5. The molecule has 1 N–H and O–H groups in total. The molecule has 0 spiro atoms. The Bertz CT molecular complexity index is 1530. The van der Waals surface area contributed by atoms with Crippen LogP contribution in [0.2, 0.25) is 5.02 Å². The van der Waals surface area contributed by atoms with Gasteiger partial charge in [0.2, 0.25) is 10.0 Å². The number of anilines is 1. The first-order valence-corrected chi connectivity index (χ1v) is 14.1. The number of sulfonamides is 1. The predicted octanol–water partition coefficient (Wildman–Crippen LogP) is 5.41. The number of aryl methyl sites for hydroxylation is 1. The molecule has 3 aromatic rings. The Labute approximate surface area is 229 Å². The van der Waals surface area contributed by atoms with E-state index in [9.17, 15) is 26.4 Å². The summed E-state index contributed by atoms with van der Waals surface area (Å²) in [5.41, 5.74) is 1.35. The van der Waals surface area contributed by atoms with Gasteiger partial charge in [-0.15, -0.1) is 0 Å². The Morgan fingerprint density at radius 2 is 1.79 bits per heavy atom. The Balaban J connectivity index is 1.87. The number of fused-ring (bicyclic) bond motifs is 4. The highest BCUT2D eigenvalue weighted by Crippen LogP contribution is 2.41. The zero-order chi connectivity index (χ0) is 28.4. The van der Waals surface area contributed by atoms with E-state index in [0.717, 1.165) is 0 Å². The summed E-state index contributed by atoms with van der Waals surface area (Å²) in [7, 11) is -2.03. The number of hydrogen-bond donors (Lipinski definition) is 1. The molecule has 1 aromatic heterocycles. The molecule has 39 heavy (non-hydrogen) atoms. The van der Waals surface area contributed by atoms with Crippen LogP contribution in [0.4, 0.5) is 18.9 Å². The van der Waals surface area contributed by atoms with E-state index in [1.54, 1.807) is 42.3 Å². The van der Waals surface area contributed by atoms with Crippen LogP contribution >= 0.6 is 11.6 Å². The standard InChI is InChI=1S/C26H27ClF3N3O5S/c1-3-39(35,36)31-19-5-7-23-20(13-19)21-16-32(2)25(34)14-24(21)37-11-10-33(9-8-26(28,29)30)15-17-12-18(27)4-6-22(17)38-23/h4-7,12-14,16,31H,3,8-11,15H2,1-2H3. The molecule has 0 saturated carbocycles. The number of aromatic nitrogens is 1. The van der Waals surface area contributed by atoms with Crippen LogP contribution in [0.25, 0.3) is 11.1 Å². The molecule has 1 aliphatic rings. The molecular weight excluding hydrogens is 559 g/mol. The van der Waals surface area contributed by atoms with Crippen LogP contribution in [0.5, 0.6) is 17.2 Å². The van der Waals surface area contributed by atoms with Crippen LogP contribution in [0.1, 0.15) is 18.9 Å². The van der Waals surface area contributed by atoms with Crippen molar-refractivity contribution in [3.8, 4) is 28.4 Å². The summed E-state index contributed by atoms with van der Waals surface area (Å²) in [6.45, 7) is 1.45. The highest BCUT2D eigenvalue weighted by Gasteiger charge is 2.28. The molecule has 0 atom stereocenters. The van der Waals surface area contributed by atoms with Crippen molar-refractivity contribution >= 4 is 27.3 Å². The summed E-state index contributed by atoms with van der Waals surface area (Å²) >= 11 is 6.22. The Morgan fingerprint density at radius 1 is 1.05 bits per heavy atom. The largest absolute Gasteiger partial charge is 0.491 e. The van der Waals surface area contributed by atoms with E-state index < -0.39 is 22.6 Å². The molecule has 8 nitrogen and oxygen atoms in total. The summed E-state index contributed by atoms with van der Waals surface area (Å²) in [6, 6.07) is 10.8. The number of pyridine rings is 1. The lowest BCUT2D eigenvalue weighted by Crippen LogP contribution is -2.32. The fourth-order valence-electron chi connectivity index (χ4n) is 4.05. The zero-order valence-corrected chi connectivity index (χ0v) is 22.8. The van der Waals surface area contributed by atoms with Gasteiger partial charge in [-0.2, -0.15) is 13.2 Å². The fraction of sp³-hybridized carbons (Fsp3) is 0.346. The van der Waals surface area contributed by atoms with Gasteiger partial charge in [-0.1, -0.05) is 11.6 Å². The third-order valence-corrected chi connectivity index (χ3v) is 7.67. The van der Waals surface area contributed by atoms with Gasteiger partial charge in [0.05, 0.1) is 12.2 Å². The Kier molecular flexibility index (Phi) is 8.48. The van der Waals surface area contributed by atoms with Crippen molar-refractivity contribution in [2.45, 2.75) is 26.1 Å². The maximum atomic E-state index is 13.0. The number of ether oxygens (including phenoxy) is 2. The van der Waals surface area contributed by atoms with Crippen LogP contribution in [-0.4, -0.2) is 49.5 Å². The number of benzene rings is 2. The molecule has 210 valence electrons. The molecule has 1 aliphatic heterocycles. The van der Waals surface area contributed by atoms with E-state index in [1.807, 2.05) is 0 Å². The first-order chi connectivity index (χ1) is 18.3. The average molecular weight is 586 g/mol. The highest BCUT2D eigenvalue weighted by molar-refractivity contribution is 7.92. The van der Waals surface area contributed by atoms with Crippen molar-refractivity contribution in [3.63, 3.8) is 0 Å². The third-order valence-electron chi connectivity index (χ3n) is 6.13.